The fourth-order valence-corrected chi connectivity index (χ4v) is 0.285. The van der Waals surface area contributed by atoms with E-state index in [0.29, 0.717) is 0 Å². The maximum atomic E-state index is 10.0. The topological polar surface area (TPSA) is 83.6 Å². The molecule has 0 aliphatic rings. The van der Waals surface area contributed by atoms with Gasteiger partial charge >= 0.3 is 5.97 Å². The Balaban J connectivity index is 0. The van der Waals surface area contributed by atoms with Crippen LogP contribution in [0.2, 0.25) is 0 Å². The standard InChI is InChI=1S/C5H11NO2.C2H6O/c1-3(2)4(6)5(7)8;1-2-3/h3-4H,6H2,1-2H3,(H,7,8);3H,2H2,1H3/t4-;/m0./s1. The molecule has 0 aromatic heterocycles. The average molecular weight is 163 g/mol. The molecule has 0 spiro atoms. The SMILES string of the molecule is CC(C)[C@H](N)C(=O)O.CCO. The molecule has 0 aromatic carbocycles. The Labute approximate surface area is 67.0 Å². The van der Waals surface area contributed by atoms with Crippen molar-refractivity contribution in [2.24, 2.45) is 11.7 Å². The lowest BCUT2D eigenvalue weighted by atomic mass is 10.1. The maximum Gasteiger partial charge on any atom is 0.320 e. The van der Waals surface area contributed by atoms with Crippen molar-refractivity contribution in [3.8, 4) is 0 Å². The van der Waals surface area contributed by atoms with E-state index in [4.69, 9.17) is 15.9 Å². The number of carboxylic acid groups (broad SMARTS) is 1. The zero-order valence-electron chi connectivity index (χ0n) is 7.24. The fraction of sp³-hybridized carbons (Fsp3) is 0.857. The van der Waals surface area contributed by atoms with E-state index >= 15 is 0 Å². The summed E-state index contributed by atoms with van der Waals surface area (Å²) in [6.07, 6.45) is 0. The third-order valence-electron chi connectivity index (χ3n) is 1.00. The Morgan fingerprint density at radius 2 is 1.82 bits per heavy atom. The molecule has 0 heterocycles. The number of nitrogens with two attached hydrogens (primary N) is 1. The number of hydrogen-bond donors (Lipinski definition) is 3. The predicted molar refractivity (Wildman–Crippen MR) is 43.2 cm³/mol. The second-order valence-corrected chi connectivity index (χ2v) is 2.42. The Morgan fingerprint density at radius 1 is 1.55 bits per heavy atom. The summed E-state index contributed by atoms with van der Waals surface area (Å²) in [6.45, 7) is 5.48. The van der Waals surface area contributed by atoms with Gasteiger partial charge in [-0.3, -0.25) is 4.79 Å². The molecule has 4 N–H and O–H groups in total. The predicted octanol–water partition coefficient (Wildman–Crippen LogP) is 0.0529. The molecule has 0 amide bonds. The van der Waals surface area contributed by atoms with Crippen molar-refractivity contribution in [1.29, 1.82) is 0 Å². The third-order valence-corrected chi connectivity index (χ3v) is 1.00. The van der Waals surface area contributed by atoms with E-state index in [1.807, 2.05) is 0 Å². The molecule has 1 atom stereocenters. The van der Waals surface area contributed by atoms with E-state index < -0.39 is 12.0 Å². The minimum Gasteiger partial charge on any atom is -0.480 e. The fourth-order valence-electron chi connectivity index (χ4n) is 0.285. The summed E-state index contributed by atoms with van der Waals surface area (Å²) in [5, 5.41) is 15.8. The van der Waals surface area contributed by atoms with Crippen molar-refractivity contribution in [3.63, 3.8) is 0 Å². The molecular formula is C7H17NO3. The molecule has 0 rings (SSSR count). The molecular weight excluding hydrogens is 146 g/mol. The van der Waals surface area contributed by atoms with Crippen LogP contribution in [0.3, 0.4) is 0 Å². The molecule has 0 aliphatic carbocycles. The van der Waals surface area contributed by atoms with Crippen LogP contribution in [0.5, 0.6) is 0 Å². The van der Waals surface area contributed by atoms with E-state index in [0.717, 1.165) is 0 Å². The molecule has 68 valence electrons. The summed E-state index contributed by atoms with van der Waals surface area (Å²) < 4.78 is 0. The Hall–Kier alpha value is -0.610. The zero-order chi connectivity index (χ0) is 9.44. The van der Waals surface area contributed by atoms with Gasteiger partial charge in [-0.15, -0.1) is 0 Å². The summed E-state index contributed by atoms with van der Waals surface area (Å²) in [7, 11) is 0. The minimum absolute atomic E-state index is 0.0208. The van der Waals surface area contributed by atoms with Gasteiger partial charge in [-0.25, -0.2) is 0 Å². The number of hydrogen-bond acceptors (Lipinski definition) is 3. The number of aliphatic hydroxyl groups is 1. The highest BCUT2D eigenvalue weighted by atomic mass is 16.4. The van der Waals surface area contributed by atoms with Crippen molar-refractivity contribution in [3.05, 3.63) is 0 Å². The lowest BCUT2D eigenvalue weighted by Gasteiger charge is -2.07. The van der Waals surface area contributed by atoms with Gasteiger partial charge in [0.25, 0.3) is 0 Å². The van der Waals surface area contributed by atoms with Crippen LogP contribution in [-0.2, 0) is 4.79 Å². The van der Waals surface area contributed by atoms with Gasteiger partial charge in [0.1, 0.15) is 6.04 Å². The lowest BCUT2D eigenvalue weighted by Crippen LogP contribution is -2.34. The van der Waals surface area contributed by atoms with Crippen molar-refractivity contribution in [1.82, 2.24) is 0 Å². The van der Waals surface area contributed by atoms with Crippen molar-refractivity contribution in [2.75, 3.05) is 6.61 Å². The third kappa shape index (κ3) is 9.39. The zero-order valence-corrected chi connectivity index (χ0v) is 7.24. The van der Waals surface area contributed by atoms with Crippen LogP contribution in [0.25, 0.3) is 0 Å². The molecule has 0 aliphatic heterocycles. The summed E-state index contributed by atoms with van der Waals surface area (Å²) in [5.74, 6) is -0.910. The van der Waals surface area contributed by atoms with Crippen LogP contribution in [-0.4, -0.2) is 28.8 Å². The maximum absolute atomic E-state index is 10.0. The van der Waals surface area contributed by atoms with Crippen molar-refractivity contribution in [2.45, 2.75) is 26.8 Å². The molecule has 0 unspecified atom stereocenters. The summed E-state index contributed by atoms with van der Waals surface area (Å²) >= 11 is 0. The van der Waals surface area contributed by atoms with Crippen LogP contribution in [0.1, 0.15) is 20.8 Å². The van der Waals surface area contributed by atoms with Gasteiger partial charge in [0, 0.05) is 6.61 Å². The Kier molecular flexibility index (Phi) is 8.87. The average Bonchev–Trinajstić information content (AvgIpc) is 1.87. The smallest absolute Gasteiger partial charge is 0.320 e. The monoisotopic (exact) mass is 163 g/mol. The number of carboxylic acids is 1. The van der Waals surface area contributed by atoms with E-state index in [9.17, 15) is 4.79 Å². The molecule has 4 heteroatoms. The van der Waals surface area contributed by atoms with E-state index in [2.05, 4.69) is 0 Å². The molecule has 0 bridgehead atoms. The summed E-state index contributed by atoms with van der Waals surface area (Å²) in [4.78, 5) is 10.0. The van der Waals surface area contributed by atoms with E-state index in [1.54, 1.807) is 20.8 Å². The number of aliphatic hydroxyl groups excluding tert-OH is 1. The van der Waals surface area contributed by atoms with Crippen LogP contribution in [0.15, 0.2) is 0 Å². The van der Waals surface area contributed by atoms with Gasteiger partial charge in [0.05, 0.1) is 0 Å². The van der Waals surface area contributed by atoms with Gasteiger partial charge in [-0.05, 0) is 12.8 Å². The molecule has 0 saturated carbocycles. The molecule has 4 nitrogen and oxygen atoms in total. The quantitative estimate of drug-likeness (QED) is 0.537. The first kappa shape index (κ1) is 13.0. The first-order valence-electron chi connectivity index (χ1n) is 3.56. The molecule has 0 radical (unpaired) electrons. The van der Waals surface area contributed by atoms with Crippen LogP contribution >= 0.6 is 0 Å². The second kappa shape index (κ2) is 7.50. The number of rotatable bonds is 2. The van der Waals surface area contributed by atoms with Crippen molar-refractivity contribution < 1.29 is 15.0 Å². The van der Waals surface area contributed by atoms with Crippen LogP contribution in [0.4, 0.5) is 0 Å². The largest absolute Gasteiger partial charge is 0.480 e. The minimum atomic E-state index is -0.931. The first-order chi connectivity index (χ1) is 4.97. The summed E-state index contributed by atoms with van der Waals surface area (Å²) in [6, 6.07) is -0.713. The number of aliphatic carboxylic acids is 1. The molecule has 11 heavy (non-hydrogen) atoms. The molecule has 0 fully saturated rings. The van der Waals surface area contributed by atoms with E-state index in [-0.39, 0.29) is 12.5 Å². The normalized spacial score (nSPS) is 11.8. The van der Waals surface area contributed by atoms with Gasteiger partial charge in [0.15, 0.2) is 0 Å². The first-order valence-corrected chi connectivity index (χ1v) is 3.56. The van der Waals surface area contributed by atoms with Gasteiger partial charge in [-0.1, -0.05) is 13.8 Å². The lowest BCUT2D eigenvalue weighted by molar-refractivity contribution is -0.139. The summed E-state index contributed by atoms with van der Waals surface area (Å²) in [5.41, 5.74) is 5.16. The van der Waals surface area contributed by atoms with Gasteiger partial charge in [0.2, 0.25) is 0 Å². The highest BCUT2D eigenvalue weighted by molar-refractivity contribution is 5.73. The molecule has 0 aromatic rings. The van der Waals surface area contributed by atoms with E-state index in [1.165, 1.54) is 0 Å². The highest BCUT2D eigenvalue weighted by Crippen LogP contribution is 1.96. The Morgan fingerprint density at radius 3 is 1.82 bits per heavy atom. The number of carbonyl (C=O) groups is 1. The van der Waals surface area contributed by atoms with Crippen LogP contribution < -0.4 is 5.73 Å². The van der Waals surface area contributed by atoms with Gasteiger partial charge < -0.3 is 15.9 Å². The van der Waals surface area contributed by atoms with Crippen LogP contribution in [0, 0.1) is 5.92 Å². The van der Waals surface area contributed by atoms with Crippen molar-refractivity contribution >= 4 is 5.97 Å². The highest BCUT2D eigenvalue weighted by Gasteiger charge is 2.14. The second-order valence-electron chi connectivity index (χ2n) is 2.42. The molecule has 0 saturated heterocycles. The van der Waals surface area contributed by atoms with Gasteiger partial charge in [-0.2, -0.15) is 0 Å². The Bertz CT molecular complexity index is 104.